The van der Waals surface area contributed by atoms with Crippen molar-refractivity contribution in [1.82, 2.24) is 4.90 Å². The van der Waals surface area contributed by atoms with Crippen LogP contribution in [0.15, 0.2) is 18.2 Å². The molecule has 2 rings (SSSR count). The van der Waals surface area contributed by atoms with Crippen molar-refractivity contribution in [1.29, 1.82) is 0 Å². The Morgan fingerprint density at radius 2 is 1.87 bits per heavy atom. The number of carboxylic acid groups (broad SMARTS) is 2. The zero-order valence-electron chi connectivity index (χ0n) is 11.5. The Morgan fingerprint density at radius 1 is 1.22 bits per heavy atom. The molecule has 1 unspecified atom stereocenters. The van der Waals surface area contributed by atoms with E-state index in [4.69, 9.17) is 10.2 Å². The van der Waals surface area contributed by atoms with Crippen molar-refractivity contribution >= 4 is 29.4 Å². The first-order chi connectivity index (χ1) is 10.8. The molecular weight excluding hydrogens is 312 g/mol. The number of amides is 2. The molecule has 23 heavy (non-hydrogen) atoms. The molecule has 0 aromatic heterocycles. The number of hydrogen-bond donors (Lipinski definition) is 2. The molecule has 0 saturated heterocycles. The van der Waals surface area contributed by atoms with E-state index >= 15 is 0 Å². The zero-order chi connectivity index (χ0) is 17.3. The minimum absolute atomic E-state index is 0.272. The molecule has 0 fully saturated rings. The maximum Gasteiger partial charge on any atom is 0.326 e. The summed E-state index contributed by atoms with van der Waals surface area (Å²) < 4.78 is 0. The second-order valence-corrected chi connectivity index (χ2v) is 4.72. The van der Waals surface area contributed by atoms with E-state index in [2.05, 4.69) is 0 Å². The molecule has 0 saturated carbocycles. The van der Waals surface area contributed by atoms with E-state index in [1.165, 1.54) is 12.1 Å². The Kier molecular flexibility index (Phi) is 4.08. The number of carbonyl (C=O) groups excluding carboxylic acids is 2. The number of carbonyl (C=O) groups is 4. The van der Waals surface area contributed by atoms with Gasteiger partial charge in [-0.15, -0.1) is 0 Å². The van der Waals surface area contributed by atoms with Gasteiger partial charge in [0.15, 0.2) is 0 Å². The number of fused-ring (bicyclic) bond motifs is 1. The molecule has 0 bridgehead atoms. The average Bonchev–Trinajstić information content (AvgIpc) is 2.72. The van der Waals surface area contributed by atoms with Crippen molar-refractivity contribution in [2.45, 2.75) is 18.9 Å². The highest BCUT2D eigenvalue weighted by Gasteiger charge is 2.46. The lowest BCUT2D eigenvalue weighted by Gasteiger charge is -2.21. The summed E-state index contributed by atoms with van der Waals surface area (Å²) in [4.78, 5) is 56.9. The lowest BCUT2D eigenvalue weighted by atomic mass is 10.1. The molecule has 1 heterocycles. The van der Waals surface area contributed by atoms with E-state index in [0.29, 0.717) is 4.90 Å². The summed E-state index contributed by atoms with van der Waals surface area (Å²) in [6, 6.07) is 1.70. The van der Waals surface area contributed by atoms with E-state index in [-0.39, 0.29) is 5.56 Å². The van der Waals surface area contributed by atoms with Gasteiger partial charge in [-0.05, 0) is 12.5 Å². The predicted octanol–water partition coefficient (Wildman–Crippen LogP) is 0.509. The van der Waals surface area contributed by atoms with Gasteiger partial charge in [0.1, 0.15) is 11.6 Å². The molecule has 1 aromatic rings. The van der Waals surface area contributed by atoms with Gasteiger partial charge in [-0.1, -0.05) is 6.07 Å². The van der Waals surface area contributed by atoms with E-state index < -0.39 is 58.8 Å². The second kappa shape index (κ2) is 5.83. The number of aliphatic carboxylic acids is 2. The van der Waals surface area contributed by atoms with Crippen LogP contribution in [0.2, 0.25) is 0 Å². The molecule has 1 atom stereocenters. The highest BCUT2D eigenvalue weighted by Crippen LogP contribution is 2.32. The molecular formula is C13H10N2O8. The second-order valence-electron chi connectivity index (χ2n) is 4.72. The van der Waals surface area contributed by atoms with Crippen molar-refractivity contribution in [3.05, 3.63) is 39.4 Å². The van der Waals surface area contributed by atoms with Crippen LogP contribution in [0.5, 0.6) is 0 Å². The minimum Gasteiger partial charge on any atom is -0.481 e. The number of nitro groups is 1. The number of imide groups is 1. The van der Waals surface area contributed by atoms with Gasteiger partial charge in [0, 0.05) is 12.5 Å². The van der Waals surface area contributed by atoms with Crippen molar-refractivity contribution in [2.75, 3.05) is 0 Å². The number of nitro benzene ring substituents is 1. The fourth-order valence-electron chi connectivity index (χ4n) is 2.34. The van der Waals surface area contributed by atoms with E-state index in [9.17, 15) is 29.3 Å². The quantitative estimate of drug-likeness (QED) is 0.436. The molecule has 2 N–H and O–H groups in total. The largest absolute Gasteiger partial charge is 0.481 e. The molecule has 0 spiro atoms. The van der Waals surface area contributed by atoms with Crippen LogP contribution < -0.4 is 0 Å². The van der Waals surface area contributed by atoms with Crippen LogP contribution in [-0.2, 0) is 9.59 Å². The number of rotatable bonds is 6. The van der Waals surface area contributed by atoms with E-state index in [1.807, 2.05) is 0 Å². The van der Waals surface area contributed by atoms with Crippen LogP contribution in [0, 0.1) is 10.1 Å². The zero-order valence-corrected chi connectivity index (χ0v) is 11.5. The van der Waals surface area contributed by atoms with Crippen LogP contribution in [-0.4, -0.2) is 49.8 Å². The molecule has 10 heteroatoms. The lowest BCUT2D eigenvalue weighted by Crippen LogP contribution is -2.45. The van der Waals surface area contributed by atoms with Gasteiger partial charge in [0.05, 0.1) is 10.5 Å². The summed E-state index contributed by atoms with van der Waals surface area (Å²) in [6.45, 7) is 0. The van der Waals surface area contributed by atoms with Crippen molar-refractivity contribution in [3.63, 3.8) is 0 Å². The van der Waals surface area contributed by atoms with Gasteiger partial charge in [0.25, 0.3) is 17.5 Å². The van der Waals surface area contributed by atoms with Gasteiger partial charge in [-0.2, -0.15) is 0 Å². The number of hydrogen-bond acceptors (Lipinski definition) is 6. The third kappa shape index (κ3) is 2.73. The molecule has 0 aliphatic carbocycles. The number of nitrogens with zero attached hydrogens (tertiary/aromatic N) is 2. The lowest BCUT2D eigenvalue weighted by molar-refractivity contribution is -0.385. The third-order valence-corrected chi connectivity index (χ3v) is 3.35. The monoisotopic (exact) mass is 322 g/mol. The first-order valence-corrected chi connectivity index (χ1v) is 6.35. The number of carboxylic acids is 2. The summed E-state index contributed by atoms with van der Waals surface area (Å²) in [5, 5.41) is 28.8. The molecule has 120 valence electrons. The van der Waals surface area contributed by atoms with E-state index in [0.717, 1.165) is 6.07 Å². The van der Waals surface area contributed by atoms with Crippen LogP contribution in [0.4, 0.5) is 5.69 Å². The Bertz CT molecular complexity index is 741. The number of benzene rings is 1. The topological polar surface area (TPSA) is 155 Å². The highest BCUT2D eigenvalue weighted by atomic mass is 16.6. The maximum absolute atomic E-state index is 12.3. The SMILES string of the molecule is O=C(O)CCC(C(=O)O)N1C(=O)c2cccc([N+](=O)[O-])c2C1=O. The summed E-state index contributed by atoms with van der Waals surface area (Å²) in [6.07, 6.45) is -1.07. The van der Waals surface area contributed by atoms with Crippen LogP contribution in [0.25, 0.3) is 0 Å². The fraction of sp³-hybridized carbons (Fsp3) is 0.231. The van der Waals surface area contributed by atoms with Gasteiger partial charge < -0.3 is 10.2 Å². The maximum atomic E-state index is 12.3. The third-order valence-electron chi connectivity index (χ3n) is 3.35. The van der Waals surface area contributed by atoms with E-state index in [1.54, 1.807) is 0 Å². The molecule has 0 radical (unpaired) electrons. The smallest absolute Gasteiger partial charge is 0.326 e. The van der Waals surface area contributed by atoms with Gasteiger partial charge in [0.2, 0.25) is 0 Å². The summed E-state index contributed by atoms with van der Waals surface area (Å²) in [5.74, 6) is -4.97. The standard InChI is InChI=1S/C13H10N2O8/c16-9(17)5-4-8(13(20)21)14-11(18)6-2-1-3-7(15(22)23)10(6)12(14)19/h1-3,8H,4-5H2,(H,16,17)(H,20,21). The minimum atomic E-state index is -1.71. The molecule has 1 aliphatic heterocycles. The first kappa shape index (κ1) is 16.1. The van der Waals surface area contributed by atoms with Gasteiger partial charge >= 0.3 is 11.9 Å². The summed E-state index contributed by atoms with van der Waals surface area (Å²) >= 11 is 0. The first-order valence-electron chi connectivity index (χ1n) is 6.35. The van der Waals surface area contributed by atoms with Crippen LogP contribution in [0.3, 0.4) is 0 Å². The van der Waals surface area contributed by atoms with Gasteiger partial charge in [-0.25, -0.2) is 4.79 Å². The Balaban J connectivity index is 2.46. The van der Waals surface area contributed by atoms with Crippen molar-refractivity contribution < 1.29 is 34.3 Å². The van der Waals surface area contributed by atoms with Crippen molar-refractivity contribution in [3.8, 4) is 0 Å². The van der Waals surface area contributed by atoms with Crippen LogP contribution >= 0.6 is 0 Å². The molecule has 10 nitrogen and oxygen atoms in total. The molecule has 1 aromatic carbocycles. The Hall–Kier alpha value is -3.30. The van der Waals surface area contributed by atoms with Gasteiger partial charge in [-0.3, -0.25) is 29.4 Å². The van der Waals surface area contributed by atoms with Crippen LogP contribution in [0.1, 0.15) is 33.6 Å². The van der Waals surface area contributed by atoms with Crippen molar-refractivity contribution in [2.24, 2.45) is 0 Å². The normalized spacial score (nSPS) is 14.5. The fourth-order valence-corrected chi connectivity index (χ4v) is 2.34. The molecule has 2 amide bonds. The Morgan fingerprint density at radius 3 is 2.39 bits per heavy atom. The summed E-state index contributed by atoms with van der Waals surface area (Å²) in [7, 11) is 0. The highest BCUT2D eigenvalue weighted by molar-refractivity contribution is 6.24. The Labute approximate surface area is 128 Å². The molecule has 1 aliphatic rings. The average molecular weight is 322 g/mol. The predicted molar refractivity (Wildman–Crippen MR) is 71.9 cm³/mol. The summed E-state index contributed by atoms with van der Waals surface area (Å²) in [5.41, 5.74) is -1.36.